The van der Waals surface area contributed by atoms with Gasteiger partial charge in [-0.15, -0.1) is 0 Å². The van der Waals surface area contributed by atoms with E-state index in [0.717, 1.165) is 10.6 Å². The van der Waals surface area contributed by atoms with Crippen molar-refractivity contribution in [1.29, 1.82) is 0 Å². The first kappa shape index (κ1) is 10.5. The summed E-state index contributed by atoms with van der Waals surface area (Å²) in [5.41, 5.74) is 1.01. The van der Waals surface area contributed by atoms with Gasteiger partial charge in [0.15, 0.2) is 0 Å². The number of halogens is 2. The number of benzene rings is 1. The highest BCUT2D eigenvalue weighted by atomic mass is 35.5. The van der Waals surface area contributed by atoms with Gasteiger partial charge in [0.25, 0.3) is 0 Å². The van der Waals surface area contributed by atoms with Gasteiger partial charge in [-0.2, -0.15) is 0 Å². The molecule has 1 aromatic carbocycles. The Morgan fingerprint density at radius 3 is 2.77 bits per heavy atom. The molecule has 1 nitrogen and oxygen atoms in total. The summed E-state index contributed by atoms with van der Waals surface area (Å²) in [6.45, 7) is 1.98. The van der Waals surface area contributed by atoms with Crippen molar-refractivity contribution in [3.63, 3.8) is 0 Å². The Balaban J connectivity index is 2.65. The maximum atomic E-state index is 11.9. The Morgan fingerprint density at radius 1 is 1.46 bits per heavy atom. The average molecular weight is 202 g/mol. The average Bonchev–Trinajstić information content (AvgIpc) is 2.15. The van der Waals surface area contributed by atoms with E-state index in [4.69, 9.17) is 11.6 Å². The Labute approximate surface area is 82.9 Å². The van der Waals surface area contributed by atoms with Crippen LogP contribution in [0.4, 0.5) is 4.39 Å². The number of alkyl halides is 1. The molecule has 0 heterocycles. The fourth-order valence-electron chi connectivity index (χ4n) is 1.21. The van der Waals surface area contributed by atoms with E-state index in [1.54, 1.807) is 0 Å². The van der Waals surface area contributed by atoms with Crippen LogP contribution in [0.15, 0.2) is 24.3 Å². The molecule has 0 aromatic heterocycles. The minimum atomic E-state index is -0.352. The SMILES string of the molecule is C[C@H](NCCF)c1ccccc1Cl. The van der Waals surface area contributed by atoms with Crippen molar-refractivity contribution < 1.29 is 4.39 Å². The minimum absolute atomic E-state index is 0.101. The molecule has 0 aliphatic rings. The molecule has 3 heteroatoms. The summed E-state index contributed by atoms with van der Waals surface area (Å²) < 4.78 is 11.9. The highest BCUT2D eigenvalue weighted by Crippen LogP contribution is 2.21. The van der Waals surface area contributed by atoms with E-state index in [2.05, 4.69) is 5.32 Å². The second-order valence-electron chi connectivity index (χ2n) is 2.89. The normalized spacial score (nSPS) is 12.8. The second-order valence-corrected chi connectivity index (χ2v) is 3.29. The number of hydrogen-bond donors (Lipinski definition) is 1. The van der Waals surface area contributed by atoms with Crippen LogP contribution in [0.2, 0.25) is 5.02 Å². The maximum Gasteiger partial charge on any atom is 0.102 e. The molecule has 0 radical (unpaired) electrons. The van der Waals surface area contributed by atoms with Crippen molar-refractivity contribution in [2.45, 2.75) is 13.0 Å². The third kappa shape index (κ3) is 2.98. The van der Waals surface area contributed by atoms with E-state index in [0.29, 0.717) is 6.54 Å². The molecule has 0 saturated heterocycles. The first-order valence-electron chi connectivity index (χ1n) is 4.29. The molecule has 0 unspecified atom stereocenters. The summed E-state index contributed by atoms with van der Waals surface area (Å²) >= 11 is 5.96. The highest BCUT2D eigenvalue weighted by molar-refractivity contribution is 6.31. The largest absolute Gasteiger partial charge is 0.308 e. The predicted octanol–water partition coefficient (Wildman–Crippen LogP) is 2.96. The third-order valence-corrected chi connectivity index (χ3v) is 2.26. The van der Waals surface area contributed by atoms with Crippen molar-refractivity contribution in [2.75, 3.05) is 13.2 Å². The van der Waals surface area contributed by atoms with Gasteiger partial charge in [-0.25, -0.2) is 4.39 Å². The summed E-state index contributed by atoms with van der Waals surface area (Å²) in [6.07, 6.45) is 0. The summed E-state index contributed by atoms with van der Waals surface area (Å²) in [7, 11) is 0. The monoisotopic (exact) mass is 201 g/mol. The minimum Gasteiger partial charge on any atom is -0.308 e. The molecule has 0 amide bonds. The zero-order chi connectivity index (χ0) is 9.68. The van der Waals surface area contributed by atoms with E-state index in [1.165, 1.54) is 0 Å². The van der Waals surface area contributed by atoms with Crippen molar-refractivity contribution in [1.82, 2.24) is 5.32 Å². The Bertz CT molecular complexity index is 265. The first-order chi connectivity index (χ1) is 6.25. The lowest BCUT2D eigenvalue weighted by atomic mass is 10.1. The van der Waals surface area contributed by atoms with Crippen LogP contribution in [0.25, 0.3) is 0 Å². The smallest absolute Gasteiger partial charge is 0.102 e. The van der Waals surface area contributed by atoms with Crippen LogP contribution < -0.4 is 5.32 Å². The molecule has 0 aliphatic heterocycles. The van der Waals surface area contributed by atoms with Gasteiger partial charge in [0.2, 0.25) is 0 Å². The quantitative estimate of drug-likeness (QED) is 0.790. The maximum absolute atomic E-state index is 11.9. The van der Waals surface area contributed by atoms with Gasteiger partial charge in [0.1, 0.15) is 6.67 Å². The molecule has 0 fully saturated rings. The second kappa shape index (κ2) is 5.20. The van der Waals surface area contributed by atoms with Gasteiger partial charge >= 0.3 is 0 Å². The zero-order valence-corrected chi connectivity index (χ0v) is 8.31. The van der Waals surface area contributed by atoms with Gasteiger partial charge in [0.05, 0.1) is 0 Å². The van der Waals surface area contributed by atoms with Gasteiger partial charge in [-0.3, -0.25) is 0 Å². The van der Waals surface area contributed by atoms with Crippen molar-refractivity contribution >= 4 is 11.6 Å². The summed E-state index contributed by atoms with van der Waals surface area (Å²) in [5, 5.41) is 3.75. The van der Waals surface area contributed by atoms with Crippen LogP contribution in [-0.2, 0) is 0 Å². The van der Waals surface area contributed by atoms with Crippen LogP contribution in [0.5, 0.6) is 0 Å². The van der Waals surface area contributed by atoms with Crippen LogP contribution >= 0.6 is 11.6 Å². The third-order valence-electron chi connectivity index (χ3n) is 1.92. The van der Waals surface area contributed by atoms with Crippen molar-refractivity contribution in [3.8, 4) is 0 Å². The van der Waals surface area contributed by atoms with E-state index in [-0.39, 0.29) is 12.7 Å². The molecule has 1 N–H and O–H groups in total. The van der Waals surface area contributed by atoms with Gasteiger partial charge in [-0.05, 0) is 18.6 Å². The molecule has 1 aromatic rings. The molecule has 0 aliphatic carbocycles. The topological polar surface area (TPSA) is 12.0 Å². The molecule has 0 saturated carbocycles. The van der Waals surface area contributed by atoms with Crippen molar-refractivity contribution in [3.05, 3.63) is 34.9 Å². The molecule has 0 bridgehead atoms. The van der Waals surface area contributed by atoms with E-state index in [9.17, 15) is 4.39 Å². The first-order valence-corrected chi connectivity index (χ1v) is 4.67. The van der Waals surface area contributed by atoms with Crippen molar-refractivity contribution in [2.24, 2.45) is 0 Å². The van der Waals surface area contributed by atoms with E-state index < -0.39 is 0 Å². The Morgan fingerprint density at radius 2 is 2.15 bits per heavy atom. The van der Waals surface area contributed by atoms with Gasteiger partial charge < -0.3 is 5.32 Å². The molecular formula is C10H13ClFN. The lowest BCUT2D eigenvalue weighted by molar-refractivity contribution is 0.444. The van der Waals surface area contributed by atoms with E-state index >= 15 is 0 Å². The highest BCUT2D eigenvalue weighted by Gasteiger charge is 2.06. The zero-order valence-electron chi connectivity index (χ0n) is 7.56. The number of nitrogens with one attached hydrogen (secondary N) is 1. The van der Waals surface area contributed by atoms with Crippen LogP contribution in [-0.4, -0.2) is 13.2 Å². The standard InChI is InChI=1S/C10H13ClFN/c1-8(13-7-6-12)9-4-2-3-5-10(9)11/h2-5,8,13H,6-7H2,1H3/t8-/m0/s1. The fraction of sp³-hybridized carbons (Fsp3) is 0.400. The van der Waals surface area contributed by atoms with Gasteiger partial charge in [0, 0.05) is 17.6 Å². The molecule has 0 spiro atoms. The van der Waals surface area contributed by atoms with E-state index in [1.807, 2.05) is 31.2 Å². The lowest BCUT2D eigenvalue weighted by Gasteiger charge is -2.14. The molecular weight excluding hydrogens is 189 g/mol. The number of hydrogen-bond acceptors (Lipinski definition) is 1. The molecule has 72 valence electrons. The van der Waals surface area contributed by atoms with Gasteiger partial charge in [-0.1, -0.05) is 29.8 Å². The predicted molar refractivity (Wildman–Crippen MR) is 53.8 cm³/mol. The number of rotatable bonds is 4. The van der Waals surface area contributed by atoms with Crippen LogP contribution in [0.3, 0.4) is 0 Å². The van der Waals surface area contributed by atoms with Crippen LogP contribution in [0, 0.1) is 0 Å². The molecule has 1 rings (SSSR count). The lowest BCUT2D eigenvalue weighted by Crippen LogP contribution is -2.21. The fourth-order valence-corrected chi connectivity index (χ4v) is 1.51. The molecule has 1 atom stereocenters. The Hall–Kier alpha value is -0.600. The Kier molecular flexibility index (Phi) is 4.19. The summed E-state index contributed by atoms with van der Waals surface area (Å²) in [4.78, 5) is 0. The molecule has 13 heavy (non-hydrogen) atoms. The van der Waals surface area contributed by atoms with Crippen LogP contribution in [0.1, 0.15) is 18.5 Å². The summed E-state index contributed by atoms with van der Waals surface area (Å²) in [5.74, 6) is 0. The summed E-state index contributed by atoms with van der Waals surface area (Å²) in [6, 6.07) is 7.69.